The Bertz CT molecular complexity index is 1160. The fourth-order valence-electron chi connectivity index (χ4n) is 3.85. The summed E-state index contributed by atoms with van der Waals surface area (Å²) in [4.78, 5) is 25.5. The number of amides is 1. The summed E-state index contributed by atoms with van der Waals surface area (Å²) in [5.41, 5.74) is 1.40. The van der Waals surface area contributed by atoms with E-state index in [0.29, 0.717) is 31.0 Å². The number of carbonyl (C=O) groups excluding carboxylic acids is 1. The largest absolute Gasteiger partial charge is 0.508 e. The average Bonchev–Trinajstić information content (AvgIpc) is 2.80. The first-order chi connectivity index (χ1) is 15.0. The Morgan fingerprint density at radius 2 is 2.03 bits per heavy atom. The summed E-state index contributed by atoms with van der Waals surface area (Å²) in [6, 6.07) is 19.6. The Balaban J connectivity index is 1.44. The SMILES string of the molecule is CC1CN(C(=O)c2ccccc2)CCN1C(C#N)C=Nc1ccc2cc(O)ccc2n1. The van der Waals surface area contributed by atoms with E-state index in [1.54, 1.807) is 30.5 Å². The van der Waals surface area contributed by atoms with Gasteiger partial charge in [0.1, 0.15) is 11.8 Å². The quantitative estimate of drug-likeness (QED) is 0.662. The first kappa shape index (κ1) is 20.5. The molecule has 0 saturated carbocycles. The molecule has 2 heterocycles. The zero-order valence-electron chi connectivity index (χ0n) is 17.2. The van der Waals surface area contributed by atoms with Crippen molar-refractivity contribution in [1.82, 2.24) is 14.8 Å². The number of fused-ring (bicyclic) bond motifs is 1. The number of piperazine rings is 1. The molecule has 7 nitrogen and oxygen atoms in total. The molecule has 1 saturated heterocycles. The van der Waals surface area contributed by atoms with Gasteiger partial charge in [-0.15, -0.1) is 0 Å². The highest BCUT2D eigenvalue weighted by molar-refractivity contribution is 5.94. The molecule has 1 aromatic heterocycles. The van der Waals surface area contributed by atoms with Gasteiger partial charge in [-0.05, 0) is 49.4 Å². The number of aromatic hydroxyl groups is 1. The molecule has 2 atom stereocenters. The Kier molecular flexibility index (Phi) is 5.92. The van der Waals surface area contributed by atoms with Gasteiger partial charge in [0.05, 0.1) is 11.6 Å². The van der Waals surface area contributed by atoms with Crippen molar-refractivity contribution in [3.63, 3.8) is 0 Å². The van der Waals surface area contributed by atoms with Crippen LogP contribution in [0.3, 0.4) is 0 Å². The number of hydrogen-bond acceptors (Lipinski definition) is 6. The topological polar surface area (TPSA) is 92.8 Å². The van der Waals surface area contributed by atoms with E-state index in [2.05, 4.69) is 20.9 Å². The van der Waals surface area contributed by atoms with E-state index >= 15 is 0 Å². The van der Waals surface area contributed by atoms with E-state index in [1.807, 2.05) is 48.2 Å². The maximum absolute atomic E-state index is 12.7. The lowest BCUT2D eigenvalue weighted by molar-refractivity contribution is 0.0512. The smallest absolute Gasteiger partial charge is 0.253 e. The van der Waals surface area contributed by atoms with Crippen LogP contribution >= 0.6 is 0 Å². The Hall–Kier alpha value is -3.76. The second-order valence-corrected chi connectivity index (χ2v) is 7.60. The van der Waals surface area contributed by atoms with Gasteiger partial charge >= 0.3 is 0 Å². The number of aromatic nitrogens is 1. The third-order valence-electron chi connectivity index (χ3n) is 5.48. The number of aliphatic imine (C=N–C) groups is 1. The summed E-state index contributed by atoms with van der Waals surface area (Å²) in [6.45, 7) is 3.72. The highest BCUT2D eigenvalue weighted by Gasteiger charge is 2.31. The predicted molar refractivity (Wildman–Crippen MR) is 119 cm³/mol. The molecule has 1 aliphatic heterocycles. The summed E-state index contributed by atoms with van der Waals surface area (Å²) in [6.07, 6.45) is 1.61. The molecule has 2 unspecified atom stereocenters. The minimum absolute atomic E-state index is 0.0145. The molecule has 7 heteroatoms. The molecule has 0 radical (unpaired) electrons. The first-order valence-corrected chi connectivity index (χ1v) is 10.2. The van der Waals surface area contributed by atoms with Crippen LogP contribution in [0.15, 0.2) is 65.7 Å². The Labute approximate surface area is 180 Å². The zero-order chi connectivity index (χ0) is 21.8. The third kappa shape index (κ3) is 4.55. The van der Waals surface area contributed by atoms with Crippen LogP contribution in [0.4, 0.5) is 5.82 Å². The number of nitrogens with zero attached hydrogens (tertiary/aromatic N) is 5. The maximum Gasteiger partial charge on any atom is 0.253 e. The Morgan fingerprint density at radius 3 is 2.77 bits per heavy atom. The third-order valence-corrected chi connectivity index (χ3v) is 5.48. The molecule has 2 aromatic carbocycles. The molecule has 3 aromatic rings. The molecule has 1 aliphatic rings. The molecule has 0 aliphatic carbocycles. The van der Waals surface area contributed by atoms with Crippen molar-refractivity contribution < 1.29 is 9.90 Å². The number of rotatable bonds is 4. The van der Waals surface area contributed by atoms with Gasteiger partial charge in [0.2, 0.25) is 0 Å². The van der Waals surface area contributed by atoms with Crippen LogP contribution in [0.2, 0.25) is 0 Å². The summed E-state index contributed by atoms with van der Waals surface area (Å²) in [5.74, 6) is 0.707. The van der Waals surface area contributed by atoms with Gasteiger partial charge < -0.3 is 10.0 Å². The van der Waals surface area contributed by atoms with Gasteiger partial charge in [-0.1, -0.05) is 18.2 Å². The zero-order valence-corrected chi connectivity index (χ0v) is 17.2. The lowest BCUT2D eigenvalue weighted by Crippen LogP contribution is -2.56. The normalized spacial score (nSPS) is 18.2. The van der Waals surface area contributed by atoms with Crippen molar-refractivity contribution in [3.05, 3.63) is 66.2 Å². The molecule has 4 rings (SSSR count). The fraction of sp³-hybridized carbons (Fsp3) is 0.250. The number of hydrogen-bond donors (Lipinski definition) is 1. The minimum Gasteiger partial charge on any atom is -0.508 e. The van der Waals surface area contributed by atoms with Crippen molar-refractivity contribution in [2.24, 2.45) is 4.99 Å². The molecule has 1 amide bonds. The molecule has 156 valence electrons. The molecular formula is C24H23N5O2. The molecule has 1 N–H and O–H groups in total. The average molecular weight is 413 g/mol. The molecule has 0 spiro atoms. The number of phenols is 1. The van der Waals surface area contributed by atoms with Crippen LogP contribution < -0.4 is 0 Å². The minimum atomic E-state index is -0.513. The van der Waals surface area contributed by atoms with Crippen molar-refractivity contribution in [1.29, 1.82) is 5.26 Å². The van der Waals surface area contributed by atoms with Crippen LogP contribution in [0.25, 0.3) is 10.9 Å². The summed E-state index contributed by atoms with van der Waals surface area (Å²) >= 11 is 0. The monoisotopic (exact) mass is 413 g/mol. The lowest BCUT2D eigenvalue weighted by atomic mass is 10.1. The number of carbonyl (C=O) groups is 1. The predicted octanol–water partition coefficient (Wildman–Crippen LogP) is 3.38. The van der Waals surface area contributed by atoms with Gasteiger partial charge in [0.15, 0.2) is 5.82 Å². The molecule has 31 heavy (non-hydrogen) atoms. The van der Waals surface area contributed by atoms with Crippen LogP contribution in [0.5, 0.6) is 5.75 Å². The standard InChI is InChI=1S/C24H23N5O2/c1-17-16-28(24(31)18-5-3-2-4-6-18)11-12-29(17)20(14-25)15-26-23-10-7-19-13-21(30)8-9-22(19)27-23/h2-10,13,15,17,20,30H,11-12,16H2,1H3. The van der Waals surface area contributed by atoms with E-state index in [4.69, 9.17) is 0 Å². The fourth-order valence-corrected chi connectivity index (χ4v) is 3.85. The molecule has 1 fully saturated rings. The summed E-state index contributed by atoms with van der Waals surface area (Å²) in [5, 5.41) is 20.1. The van der Waals surface area contributed by atoms with Gasteiger partial charge in [0, 0.05) is 42.8 Å². The molecule has 0 bridgehead atoms. The van der Waals surface area contributed by atoms with E-state index in [0.717, 1.165) is 10.9 Å². The van der Waals surface area contributed by atoms with Crippen molar-refractivity contribution >= 4 is 28.8 Å². The van der Waals surface area contributed by atoms with Crippen LogP contribution in [-0.4, -0.2) is 63.7 Å². The number of pyridine rings is 1. The van der Waals surface area contributed by atoms with Crippen molar-refractivity contribution in [2.75, 3.05) is 19.6 Å². The number of nitriles is 1. The van der Waals surface area contributed by atoms with E-state index < -0.39 is 6.04 Å². The Morgan fingerprint density at radius 1 is 1.23 bits per heavy atom. The van der Waals surface area contributed by atoms with Crippen LogP contribution in [0.1, 0.15) is 17.3 Å². The van der Waals surface area contributed by atoms with Crippen molar-refractivity contribution in [2.45, 2.75) is 19.0 Å². The van der Waals surface area contributed by atoms with E-state index in [-0.39, 0.29) is 17.7 Å². The van der Waals surface area contributed by atoms with Crippen LogP contribution in [0, 0.1) is 11.3 Å². The molecular weight excluding hydrogens is 390 g/mol. The number of benzene rings is 2. The highest BCUT2D eigenvalue weighted by Crippen LogP contribution is 2.21. The van der Waals surface area contributed by atoms with Crippen LogP contribution in [-0.2, 0) is 0 Å². The lowest BCUT2D eigenvalue weighted by Gasteiger charge is -2.41. The number of phenolic OH excluding ortho intramolecular Hbond substituents is 1. The van der Waals surface area contributed by atoms with Gasteiger partial charge in [0.25, 0.3) is 5.91 Å². The van der Waals surface area contributed by atoms with Gasteiger partial charge in [-0.25, -0.2) is 9.98 Å². The van der Waals surface area contributed by atoms with Crippen molar-refractivity contribution in [3.8, 4) is 11.8 Å². The first-order valence-electron chi connectivity index (χ1n) is 10.2. The van der Waals surface area contributed by atoms with Gasteiger partial charge in [-0.2, -0.15) is 5.26 Å². The van der Waals surface area contributed by atoms with Gasteiger partial charge in [-0.3, -0.25) is 9.69 Å². The van der Waals surface area contributed by atoms with E-state index in [1.165, 1.54) is 0 Å². The summed E-state index contributed by atoms with van der Waals surface area (Å²) in [7, 11) is 0. The summed E-state index contributed by atoms with van der Waals surface area (Å²) < 4.78 is 0. The second-order valence-electron chi connectivity index (χ2n) is 7.60. The maximum atomic E-state index is 12.7. The van der Waals surface area contributed by atoms with E-state index in [9.17, 15) is 15.2 Å². The highest BCUT2D eigenvalue weighted by atomic mass is 16.3. The second kappa shape index (κ2) is 8.94.